The van der Waals surface area contributed by atoms with Gasteiger partial charge in [0.15, 0.2) is 0 Å². The van der Waals surface area contributed by atoms with Gasteiger partial charge in [-0.25, -0.2) is 9.78 Å². The molecule has 0 saturated carbocycles. The van der Waals surface area contributed by atoms with Crippen LogP contribution in [0, 0.1) is 0 Å². The van der Waals surface area contributed by atoms with Crippen molar-refractivity contribution in [1.29, 1.82) is 0 Å². The number of benzene rings is 2. The van der Waals surface area contributed by atoms with Gasteiger partial charge >= 0.3 is 5.97 Å². The molecular formula is C26H28N2O3. The molecular weight excluding hydrogens is 388 g/mol. The summed E-state index contributed by atoms with van der Waals surface area (Å²) in [6.07, 6.45) is 1.02. The monoisotopic (exact) mass is 416 g/mol. The van der Waals surface area contributed by atoms with Crippen LogP contribution >= 0.6 is 0 Å². The molecule has 160 valence electrons. The molecule has 1 saturated heterocycles. The van der Waals surface area contributed by atoms with E-state index in [-0.39, 0.29) is 18.2 Å². The summed E-state index contributed by atoms with van der Waals surface area (Å²) < 4.78 is 11.7. The molecule has 0 amide bonds. The number of pyridine rings is 1. The Morgan fingerprint density at radius 1 is 1.00 bits per heavy atom. The minimum Gasteiger partial charge on any atom is -0.461 e. The van der Waals surface area contributed by atoms with Gasteiger partial charge in [0.1, 0.15) is 11.8 Å². The molecule has 1 atom stereocenters. The molecule has 5 heteroatoms. The Morgan fingerprint density at radius 2 is 1.68 bits per heavy atom. The van der Waals surface area contributed by atoms with Crippen molar-refractivity contribution in [2.45, 2.75) is 32.1 Å². The summed E-state index contributed by atoms with van der Waals surface area (Å²) in [4.78, 5) is 18.8. The predicted molar refractivity (Wildman–Crippen MR) is 120 cm³/mol. The minimum absolute atomic E-state index is 0.0855. The summed E-state index contributed by atoms with van der Waals surface area (Å²) in [6, 6.07) is 26.3. The van der Waals surface area contributed by atoms with E-state index in [2.05, 4.69) is 58.4 Å². The van der Waals surface area contributed by atoms with E-state index in [1.165, 1.54) is 0 Å². The lowest BCUT2D eigenvalue weighted by atomic mass is 10.0. The zero-order valence-electron chi connectivity index (χ0n) is 17.8. The smallest absolute Gasteiger partial charge is 0.356 e. The van der Waals surface area contributed by atoms with E-state index in [1.54, 1.807) is 13.0 Å². The molecule has 0 bridgehead atoms. The Morgan fingerprint density at radius 3 is 2.32 bits per heavy atom. The first-order valence-corrected chi connectivity index (χ1v) is 10.8. The van der Waals surface area contributed by atoms with Crippen LogP contribution in [-0.4, -0.2) is 41.7 Å². The van der Waals surface area contributed by atoms with E-state index in [0.29, 0.717) is 18.8 Å². The fourth-order valence-electron chi connectivity index (χ4n) is 3.96. The molecule has 3 aromatic rings. The van der Waals surface area contributed by atoms with Gasteiger partial charge in [0.25, 0.3) is 0 Å². The maximum atomic E-state index is 12.0. The van der Waals surface area contributed by atoms with Crippen LogP contribution in [0.25, 0.3) is 0 Å². The first kappa shape index (κ1) is 21.2. The number of aromatic nitrogens is 1. The maximum absolute atomic E-state index is 12.0. The number of likely N-dealkylation sites (tertiary alicyclic amines) is 1. The van der Waals surface area contributed by atoms with Gasteiger partial charge in [-0.1, -0.05) is 66.7 Å². The van der Waals surface area contributed by atoms with E-state index in [9.17, 15) is 4.79 Å². The van der Waals surface area contributed by atoms with Crippen LogP contribution in [0.3, 0.4) is 0 Å². The highest BCUT2D eigenvalue weighted by Crippen LogP contribution is 2.30. The third-order valence-electron chi connectivity index (χ3n) is 5.44. The van der Waals surface area contributed by atoms with Crippen LogP contribution in [0.5, 0.6) is 0 Å². The van der Waals surface area contributed by atoms with Gasteiger partial charge in [0.05, 0.1) is 18.4 Å². The normalized spacial score (nSPS) is 16.5. The standard InChI is InChI=1S/C26H28N2O3/c1-2-30-26(29)24-15-9-14-22(27-24)18-28-17-16-23(19-28)31-25(20-10-5-3-6-11-20)21-12-7-4-8-13-21/h3-15,23,25H,2,16-19H2,1H3/t23-/m0/s1. The summed E-state index contributed by atoms with van der Waals surface area (Å²) in [5.74, 6) is -0.374. The number of nitrogens with zero attached hydrogens (tertiary/aromatic N) is 2. The van der Waals surface area contributed by atoms with Gasteiger partial charge in [0, 0.05) is 19.6 Å². The number of carbonyl (C=O) groups excluding carboxylic acids is 1. The second-order valence-electron chi connectivity index (χ2n) is 7.72. The molecule has 1 aliphatic rings. The summed E-state index contributed by atoms with van der Waals surface area (Å²) in [5, 5.41) is 0. The molecule has 0 spiro atoms. The van der Waals surface area contributed by atoms with Crippen LogP contribution < -0.4 is 0 Å². The number of hydrogen-bond donors (Lipinski definition) is 0. The average Bonchev–Trinajstić information content (AvgIpc) is 3.26. The first-order valence-electron chi connectivity index (χ1n) is 10.8. The van der Waals surface area contributed by atoms with Crippen molar-refractivity contribution >= 4 is 5.97 Å². The molecule has 2 heterocycles. The van der Waals surface area contributed by atoms with E-state index in [4.69, 9.17) is 9.47 Å². The van der Waals surface area contributed by atoms with E-state index < -0.39 is 0 Å². The third-order valence-corrected chi connectivity index (χ3v) is 5.44. The maximum Gasteiger partial charge on any atom is 0.356 e. The molecule has 0 aliphatic carbocycles. The van der Waals surface area contributed by atoms with Gasteiger partial charge in [-0.15, -0.1) is 0 Å². The van der Waals surface area contributed by atoms with E-state index in [0.717, 1.165) is 36.3 Å². The highest BCUT2D eigenvalue weighted by molar-refractivity contribution is 5.87. The zero-order valence-corrected chi connectivity index (χ0v) is 17.8. The molecule has 5 nitrogen and oxygen atoms in total. The summed E-state index contributed by atoms with van der Waals surface area (Å²) in [7, 11) is 0. The van der Waals surface area contributed by atoms with Gasteiger partial charge in [0.2, 0.25) is 0 Å². The number of esters is 1. The summed E-state index contributed by atoms with van der Waals surface area (Å²) in [5.41, 5.74) is 3.56. The van der Waals surface area contributed by atoms with Gasteiger partial charge in [-0.05, 0) is 36.6 Å². The summed E-state index contributed by atoms with van der Waals surface area (Å²) >= 11 is 0. The number of ether oxygens (including phenoxy) is 2. The van der Waals surface area contributed by atoms with E-state index in [1.807, 2.05) is 24.3 Å². The highest BCUT2D eigenvalue weighted by Gasteiger charge is 2.27. The fourth-order valence-corrected chi connectivity index (χ4v) is 3.96. The van der Waals surface area contributed by atoms with Gasteiger partial charge in [-0.3, -0.25) is 4.90 Å². The van der Waals surface area contributed by atoms with Crippen molar-refractivity contribution in [2.75, 3.05) is 19.7 Å². The number of rotatable bonds is 8. The minimum atomic E-state index is -0.374. The van der Waals surface area contributed by atoms with Crippen molar-refractivity contribution in [3.63, 3.8) is 0 Å². The molecule has 0 unspecified atom stereocenters. The average molecular weight is 417 g/mol. The summed E-state index contributed by atoms with van der Waals surface area (Å²) in [6.45, 7) is 4.60. The van der Waals surface area contributed by atoms with Crippen molar-refractivity contribution in [3.8, 4) is 0 Å². The second-order valence-corrected chi connectivity index (χ2v) is 7.72. The van der Waals surface area contributed by atoms with Gasteiger partial charge in [-0.2, -0.15) is 0 Å². The number of carbonyl (C=O) groups is 1. The largest absolute Gasteiger partial charge is 0.461 e. The predicted octanol–water partition coefficient (Wildman–Crippen LogP) is 4.64. The van der Waals surface area contributed by atoms with E-state index >= 15 is 0 Å². The van der Waals surface area contributed by atoms with Crippen LogP contribution in [0.15, 0.2) is 78.9 Å². The lowest BCUT2D eigenvalue weighted by Gasteiger charge is -2.23. The van der Waals surface area contributed by atoms with Crippen LogP contribution in [0.2, 0.25) is 0 Å². The Hall–Kier alpha value is -3.02. The number of hydrogen-bond acceptors (Lipinski definition) is 5. The highest BCUT2D eigenvalue weighted by atomic mass is 16.5. The lowest BCUT2D eigenvalue weighted by molar-refractivity contribution is 0.0138. The molecule has 1 aliphatic heterocycles. The van der Waals surface area contributed by atoms with Gasteiger partial charge < -0.3 is 9.47 Å². The Kier molecular flexibility index (Phi) is 7.07. The van der Waals surface area contributed by atoms with Crippen LogP contribution in [-0.2, 0) is 16.0 Å². The van der Waals surface area contributed by atoms with Crippen LogP contribution in [0.1, 0.15) is 46.8 Å². The Labute approximate surface area is 183 Å². The fraction of sp³-hybridized carbons (Fsp3) is 0.308. The first-order chi connectivity index (χ1) is 15.2. The molecule has 1 aromatic heterocycles. The quantitative estimate of drug-likeness (QED) is 0.501. The lowest BCUT2D eigenvalue weighted by Crippen LogP contribution is -2.25. The topological polar surface area (TPSA) is 51.7 Å². The van der Waals surface area contributed by atoms with Crippen LogP contribution in [0.4, 0.5) is 0 Å². The Balaban J connectivity index is 1.41. The van der Waals surface area contributed by atoms with Crippen molar-refractivity contribution in [1.82, 2.24) is 9.88 Å². The third kappa shape index (κ3) is 5.57. The molecule has 2 aromatic carbocycles. The molecule has 0 radical (unpaired) electrons. The second kappa shape index (κ2) is 10.3. The molecule has 31 heavy (non-hydrogen) atoms. The van der Waals surface area contributed by atoms with Crippen molar-refractivity contribution in [2.24, 2.45) is 0 Å². The van der Waals surface area contributed by atoms with Crippen molar-refractivity contribution < 1.29 is 14.3 Å². The SMILES string of the molecule is CCOC(=O)c1cccc(CN2CC[C@H](OC(c3ccccc3)c3ccccc3)C2)n1. The molecule has 1 fully saturated rings. The molecule has 0 N–H and O–H groups in total. The molecule has 4 rings (SSSR count). The Bertz CT molecular complexity index is 939. The van der Waals surface area contributed by atoms with Crippen molar-refractivity contribution in [3.05, 3.63) is 101 Å². The zero-order chi connectivity index (χ0) is 21.5.